The largest absolute Gasteiger partial charge is 0.303 e. The molecule has 0 spiro atoms. The fourth-order valence-electron chi connectivity index (χ4n) is 6.98. The van der Waals surface area contributed by atoms with Crippen LogP contribution in [0, 0.1) is 0 Å². The van der Waals surface area contributed by atoms with Crippen molar-refractivity contribution in [2.45, 2.75) is 38.5 Å². The van der Waals surface area contributed by atoms with E-state index < -0.39 is 0 Å². The smallest absolute Gasteiger partial charge is 0.163 e. The minimum Gasteiger partial charge on any atom is -0.303 e. The molecule has 8 rings (SSSR count). The Bertz CT molecular complexity index is 1970. The molecule has 0 N–H and O–H groups in total. The Labute approximate surface area is 228 Å². The van der Waals surface area contributed by atoms with Gasteiger partial charge < -0.3 is 4.40 Å². The van der Waals surface area contributed by atoms with Gasteiger partial charge in [-0.15, -0.1) is 0 Å². The third kappa shape index (κ3) is 2.99. The molecule has 3 nitrogen and oxygen atoms in total. The van der Waals surface area contributed by atoms with Crippen molar-refractivity contribution in [1.29, 1.82) is 0 Å². The molecule has 0 bridgehead atoms. The first-order chi connectivity index (χ1) is 18.8. The van der Waals surface area contributed by atoms with Gasteiger partial charge in [-0.1, -0.05) is 100 Å². The van der Waals surface area contributed by atoms with Crippen LogP contribution in [0.4, 0.5) is 0 Å². The molecule has 0 radical (unpaired) electrons. The molecule has 0 unspecified atom stereocenters. The van der Waals surface area contributed by atoms with Gasteiger partial charge in [0.2, 0.25) is 0 Å². The third-order valence-electron chi connectivity index (χ3n) is 9.11. The molecule has 0 saturated heterocycles. The first kappa shape index (κ1) is 22.5. The zero-order valence-electron chi connectivity index (χ0n) is 22.7. The van der Waals surface area contributed by atoms with Gasteiger partial charge in [0.05, 0.1) is 5.69 Å². The summed E-state index contributed by atoms with van der Waals surface area (Å²) in [4.78, 5) is 9.98. The summed E-state index contributed by atoms with van der Waals surface area (Å²) in [5, 5.41) is 0. The monoisotopic (exact) mass is 503 g/mol. The SMILES string of the molecule is CC1(C)c2ccccc2-c2ccc(-c3cn4ccnc4c(-c4ccc5c(c4)C(C)(C)c4ccccc4-5)n3)cc21. The molecule has 188 valence electrons. The quantitative estimate of drug-likeness (QED) is 0.237. The Kier molecular flexibility index (Phi) is 4.35. The fourth-order valence-corrected chi connectivity index (χ4v) is 6.98. The molecule has 2 aromatic heterocycles. The van der Waals surface area contributed by atoms with Crippen molar-refractivity contribution < 1.29 is 0 Å². The molecule has 6 aromatic rings. The van der Waals surface area contributed by atoms with Gasteiger partial charge in [-0.3, -0.25) is 0 Å². The lowest BCUT2D eigenvalue weighted by atomic mass is 9.82. The standard InChI is InChI=1S/C36H29N3/c1-35(2)28-11-7-5-9-24(28)26-15-13-22(19-30(26)35)32-21-39-18-17-37-34(39)33(38-32)23-14-16-27-25-10-6-8-12-29(25)36(3,4)31(27)20-23/h5-21H,1-4H3. The van der Waals surface area contributed by atoms with Crippen molar-refractivity contribution in [3.63, 3.8) is 0 Å². The molecule has 0 fully saturated rings. The van der Waals surface area contributed by atoms with Crippen LogP contribution < -0.4 is 0 Å². The second-order valence-electron chi connectivity index (χ2n) is 12.0. The zero-order chi connectivity index (χ0) is 26.5. The molecule has 0 aliphatic heterocycles. The Morgan fingerprint density at radius 3 is 1.77 bits per heavy atom. The summed E-state index contributed by atoms with van der Waals surface area (Å²) >= 11 is 0. The molecule has 2 aliphatic carbocycles. The van der Waals surface area contributed by atoms with Gasteiger partial charge in [-0.25, -0.2) is 9.97 Å². The Balaban J connectivity index is 1.29. The van der Waals surface area contributed by atoms with E-state index in [4.69, 9.17) is 9.97 Å². The van der Waals surface area contributed by atoms with Crippen LogP contribution in [0.3, 0.4) is 0 Å². The Morgan fingerprint density at radius 1 is 0.590 bits per heavy atom. The Morgan fingerprint density at radius 2 is 1.13 bits per heavy atom. The third-order valence-corrected chi connectivity index (χ3v) is 9.11. The predicted molar refractivity (Wildman–Crippen MR) is 159 cm³/mol. The Hall–Kier alpha value is -4.50. The predicted octanol–water partition coefficient (Wildman–Crippen LogP) is 8.68. The zero-order valence-corrected chi connectivity index (χ0v) is 22.7. The van der Waals surface area contributed by atoms with Crippen LogP contribution in [0.2, 0.25) is 0 Å². The number of imidazole rings is 1. The van der Waals surface area contributed by atoms with Crippen LogP contribution >= 0.6 is 0 Å². The van der Waals surface area contributed by atoms with Crippen molar-refractivity contribution in [1.82, 2.24) is 14.4 Å². The summed E-state index contributed by atoms with van der Waals surface area (Å²) in [5.74, 6) is 0. The summed E-state index contributed by atoms with van der Waals surface area (Å²) in [6.45, 7) is 9.29. The molecule has 3 heteroatoms. The van der Waals surface area contributed by atoms with E-state index >= 15 is 0 Å². The van der Waals surface area contributed by atoms with Crippen molar-refractivity contribution in [3.05, 3.63) is 126 Å². The topological polar surface area (TPSA) is 30.2 Å². The van der Waals surface area contributed by atoms with Gasteiger partial charge in [0.15, 0.2) is 5.65 Å². The van der Waals surface area contributed by atoms with Crippen LogP contribution in [0.15, 0.2) is 104 Å². The molecule has 2 aliphatic rings. The average Bonchev–Trinajstić information content (AvgIpc) is 3.59. The molecular weight excluding hydrogens is 474 g/mol. The van der Waals surface area contributed by atoms with E-state index in [1.807, 2.05) is 12.4 Å². The summed E-state index contributed by atoms with van der Waals surface area (Å²) in [6, 6.07) is 31.2. The van der Waals surface area contributed by atoms with Crippen molar-refractivity contribution in [2.24, 2.45) is 0 Å². The minimum absolute atomic E-state index is 0.0511. The molecule has 2 heterocycles. The molecule has 0 saturated carbocycles. The van der Waals surface area contributed by atoms with Gasteiger partial charge in [0.1, 0.15) is 5.69 Å². The molecular formula is C36H29N3. The van der Waals surface area contributed by atoms with E-state index in [1.54, 1.807) is 0 Å². The molecule has 0 atom stereocenters. The van der Waals surface area contributed by atoms with Gasteiger partial charge >= 0.3 is 0 Å². The van der Waals surface area contributed by atoms with E-state index in [9.17, 15) is 0 Å². The summed E-state index contributed by atoms with van der Waals surface area (Å²) in [7, 11) is 0. The van der Waals surface area contributed by atoms with Crippen LogP contribution in [-0.2, 0) is 10.8 Å². The number of aromatic nitrogens is 3. The lowest BCUT2D eigenvalue weighted by Crippen LogP contribution is -2.15. The van der Waals surface area contributed by atoms with E-state index in [1.165, 1.54) is 44.5 Å². The number of nitrogens with zero attached hydrogens (tertiary/aromatic N) is 3. The highest BCUT2D eigenvalue weighted by Gasteiger charge is 2.36. The first-order valence-electron chi connectivity index (χ1n) is 13.7. The highest BCUT2D eigenvalue weighted by atomic mass is 15.0. The van der Waals surface area contributed by atoms with Gasteiger partial charge in [0.25, 0.3) is 0 Å². The van der Waals surface area contributed by atoms with Gasteiger partial charge in [0, 0.05) is 40.5 Å². The minimum atomic E-state index is -0.0637. The van der Waals surface area contributed by atoms with Crippen LogP contribution in [0.25, 0.3) is 50.4 Å². The van der Waals surface area contributed by atoms with Gasteiger partial charge in [-0.2, -0.15) is 0 Å². The average molecular weight is 504 g/mol. The van der Waals surface area contributed by atoms with Crippen LogP contribution in [0.5, 0.6) is 0 Å². The maximum absolute atomic E-state index is 5.28. The maximum Gasteiger partial charge on any atom is 0.163 e. The van der Waals surface area contributed by atoms with Crippen molar-refractivity contribution >= 4 is 5.65 Å². The van der Waals surface area contributed by atoms with E-state index in [0.717, 1.165) is 28.2 Å². The first-order valence-corrected chi connectivity index (χ1v) is 13.7. The van der Waals surface area contributed by atoms with Crippen LogP contribution in [0.1, 0.15) is 49.9 Å². The summed E-state index contributed by atoms with van der Waals surface area (Å²) < 4.78 is 2.11. The van der Waals surface area contributed by atoms with E-state index in [0.29, 0.717) is 0 Å². The highest BCUT2D eigenvalue weighted by molar-refractivity contribution is 5.86. The number of benzene rings is 4. The number of fused-ring (bicyclic) bond motifs is 7. The van der Waals surface area contributed by atoms with E-state index in [2.05, 4.69) is 123 Å². The number of hydrogen-bond donors (Lipinski definition) is 0. The van der Waals surface area contributed by atoms with Crippen LogP contribution in [-0.4, -0.2) is 14.4 Å². The second-order valence-corrected chi connectivity index (χ2v) is 12.0. The van der Waals surface area contributed by atoms with Crippen molar-refractivity contribution in [2.75, 3.05) is 0 Å². The van der Waals surface area contributed by atoms with Gasteiger partial charge in [-0.05, 0) is 56.6 Å². The number of hydrogen-bond acceptors (Lipinski definition) is 2. The highest BCUT2D eigenvalue weighted by Crippen LogP contribution is 2.51. The van der Waals surface area contributed by atoms with E-state index in [-0.39, 0.29) is 10.8 Å². The lowest BCUT2D eigenvalue weighted by Gasteiger charge is -2.22. The summed E-state index contributed by atoms with van der Waals surface area (Å²) in [6.07, 6.45) is 5.99. The van der Waals surface area contributed by atoms with Crippen molar-refractivity contribution in [3.8, 4) is 44.8 Å². The molecule has 0 amide bonds. The second kappa shape index (κ2) is 7.54. The normalized spacial score (nSPS) is 15.6. The molecule has 4 aromatic carbocycles. The fraction of sp³-hybridized carbons (Fsp3) is 0.167. The number of rotatable bonds is 2. The lowest BCUT2D eigenvalue weighted by molar-refractivity contribution is 0.660. The summed E-state index contributed by atoms with van der Waals surface area (Å²) in [5.41, 5.74) is 15.6. The maximum atomic E-state index is 5.28. The molecule has 39 heavy (non-hydrogen) atoms.